The lowest BCUT2D eigenvalue weighted by Crippen LogP contribution is -2.19. The number of nitrogens with zero attached hydrogens (tertiary/aromatic N) is 2. The van der Waals surface area contributed by atoms with Crippen LogP contribution in [0.2, 0.25) is 0 Å². The molecule has 0 radical (unpaired) electrons. The molecule has 1 aromatic carbocycles. The Kier molecular flexibility index (Phi) is 4.02. The first-order chi connectivity index (χ1) is 10.6. The summed E-state index contributed by atoms with van der Waals surface area (Å²) in [7, 11) is 0. The van der Waals surface area contributed by atoms with Gasteiger partial charge < -0.3 is 4.74 Å². The van der Waals surface area contributed by atoms with Crippen molar-refractivity contribution in [2.75, 3.05) is 11.9 Å². The van der Waals surface area contributed by atoms with Crippen molar-refractivity contribution in [3.8, 4) is 5.75 Å². The van der Waals surface area contributed by atoms with Gasteiger partial charge in [0, 0.05) is 5.69 Å². The predicted molar refractivity (Wildman–Crippen MR) is 87.5 cm³/mol. The minimum absolute atomic E-state index is 0.0502. The molecule has 22 heavy (non-hydrogen) atoms. The Labute approximate surface area is 132 Å². The molecule has 2 aromatic heterocycles. The van der Waals surface area contributed by atoms with Crippen LogP contribution in [-0.2, 0) is 4.79 Å². The number of carbonyl (C=O) groups is 1. The number of aromatic nitrogens is 2. The molecule has 3 rings (SSSR count). The Bertz CT molecular complexity index is 815. The van der Waals surface area contributed by atoms with Crippen LogP contribution >= 0.6 is 11.3 Å². The predicted octanol–water partition coefficient (Wildman–Crippen LogP) is 3.33. The Morgan fingerprint density at radius 1 is 1.23 bits per heavy atom. The first kappa shape index (κ1) is 14.5. The van der Waals surface area contributed by atoms with E-state index >= 15 is 0 Å². The molecule has 0 atom stereocenters. The van der Waals surface area contributed by atoms with E-state index in [2.05, 4.69) is 15.3 Å². The van der Waals surface area contributed by atoms with Gasteiger partial charge in [0.2, 0.25) is 0 Å². The highest BCUT2D eigenvalue weighted by molar-refractivity contribution is 7.22. The van der Waals surface area contributed by atoms with Crippen LogP contribution in [0, 0.1) is 13.8 Å². The lowest BCUT2D eigenvalue weighted by atomic mass is 10.2. The van der Waals surface area contributed by atoms with Crippen molar-refractivity contribution >= 4 is 32.7 Å². The first-order valence-corrected chi connectivity index (χ1v) is 7.66. The second kappa shape index (κ2) is 6.11. The molecular weight excluding hydrogens is 298 g/mol. The summed E-state index contributed by atoms with van der Waals surface area (Å²) in [6, 6.07) is 11.2. The maximum Gasteiger partial charge on any atom is 0.264 e. The summed E-state index contributed by atoms with van der Waals surface area (Å²) in [6.45, 7) is 3.89. The van der Waals surface area contributed by atoms with Crippen LogP contribution in [0.1, 0.15) is 11.3 Å². The van der Waals surface area contributed by atoms with Gasteiger partial charge >= 0.3 is 0 Å². The fourth-order valence-corrected chi connectivity index (χ4v) is 2.99. The van der Waals surface area contributed by atoms with Crippen LogP contribution in [0.5, 0.6) is 5.75 Å². The number of nitrogens with one attached hydrogen (secondary N) is 1. The second-order valence-corrected chi connectivity index (χ2v) is 5.90. The number of para-hydroxylation sites is 1. The van der Waals surface area contributed by atoms with Crippen molar-refractivity contribution in [1.82, 2.24) is 9.97 Å². The number of aryl methyl sites for hydroxylation is 2. The monoisotopic (exact) mass is 313 g/mol. The Balaban J connectivity index is 1.68. The fraction of sp³-hybridized carbons (Fsp3) is 0.188. The van der Waals surface area contributed by atoms with E-state index in [1.165, 1.54) is 11.3 Å². The van der Waals surface area contributed by atoms with Crippen LogP contribution in [0.4, 0.5) is 5.13 Å². The molecule has 0 spiro atoms. The lowest BCUT2D eigenvalue weighted by molar-refractivity contribution is -0.118. The number of ether oxygens (including phenoxy) is 1. The number of carbonyl (C=O) groups excluding carboxylic acids is 1. The highest BCUT2D eigenvalue weighted by Crippen LogP contribution is 2.27. The van der Waals surface area contributed by atoms with Gasteiger partial charge in [0.05, 0.1) is 4.70 Å². The fourth-order valence-electron chi connectivity index (χ4n) is 2.10. The molecule has 0 bridgehead atoms. The summed E-state index contributed by atoms with van der Waals surface area (Å²) in [5, 5.41) is 3.29. The highest BCUT2D eigenvalue weighted by atomic mass is 32.1. The normalized spacial score (nSPS) is 10.6. The van der Waals surface area contributed by atoms with E-state index in [-0.39, 0.29) is 12.5 Å². The minimum Gasteiger partial charge on any atom is -0.484 e. The summed E-state index contributed by atoms with van der Waals surface area (Å²) in [4.78, 5) is 20.6. The number of thiazole rings is 1. The summed E-state index contributed by atoms with van der Waals surface area (Å²) in [5.74, 6) is 0.423. The van der Waals surface area contributed by atoms with Crippen molar-refractivity contribution in [3.63, 3.8) is 0 Å². The van der Waals surface area contributed by atoms with Crippen LogP contribution in [0.3, 0.4) is 0 Å². The molecule has 0 saturated heterocycles. The van der Waals surface area contributed by atoms with E-state index in [0.717, 1.165) is 16.0 Å². The molecule has 1 amide bonds. The first-order valence-electron chi connectivity index (χ1n) is 6.84. The molecule has 0 aliphatic carbocycles. The van der Waals surface area contributed by atoms with Crippen molar-refractivity contribution in [1.29, 1.82) is 0 Å². The van der Waals surface area contributed by atoms with Gasteiger partial charge in [-0.05, 0) is 37.6 Å². The third-order valence-electron chi connectivity index (χ3n) is 3.03. The Morgan fingerprint density at radius 3 is 2.77 bits per heavy atom. The van der Waals surface area contributed by atoms with Crippen molar-refractivity contribution < 1.29 is 9.53 Å². The van der Waals surface area contributed by atoms with E-state index in [9.17, 15) is 4.79 Å². The third kappa shape index (κ3) is 3.23. The second-order valence-electron chi connectivity index (χ2n) is 4.90. The lowest BCUT2D eigenvalue weighted by Gasteiger charge is -2.04. The Morgan fingerprint density at radius 2 is 2.00 bits per heavy atom. The van der Waals surface area contributed by atoms with Crippen LogP contribution in [0.15, 0.2) is 36.4 Å². The average molecular weight is 313 g/mol. The maximum absolute atomic E-state index is 11.9. The minimum atomic E-state index is -0.239. The number of benzene rings is 1. The number of amides is 1. The quantitative estimate of drug-likeness (QED) is 0.802. The molecule has 0 unspecified atom stereocenters. The number of anilines is 1. The Hall–Kier alpha value is -2.47. The zero-order chi connectivity index (χ0) is 15.5. The van der Waals surface area contributed by atoms with Crippen LogP contribution < -0.4 is 10.1 Å². The topological polar surface area (TPSA) is 64.1 Å². The molecule has 2 heterocycles. The molecule has 112 valence electrons. The van der Waals surface area contributed by atoms with E-state index in [0.29, 0.717) is 16.5 Å². The molecule has 0 fully saturated rings. The molecule has 0 saturated carbocycles. The van der Waals surface area contributed by atoms with E-state index in [4.69, 9.17) is 4.74 Å². The van der Waals surface area contributed by atoms with Crippen molar-refractivity contribution in [2.45, 2.75) is 13.8 Å². The number of rotatable bonds is 4. The summed E-state index contributed by atoms with van der Waals surface area (Å²) in [5.41, 5.74) is 2.70. The summed E-state index contributed by atoms with van der Waals surface area (Å²) in [6.07, 6.45) is 0. The van der Waals surface area contributed by atoms with Gasteiger partial charge in [0.1, 0.15) is 5.75 Å². The summed E-state index contributed by atoms with van der Waals surface area (Å²) >= 11 is 1.42. The van der Waals surface area contributed by atoms with Gasteiger partial charge in [0.15, 0.2) is 17.4 Å². The maximum atomic E-state index is 11.9. The van der Waals surface area contributed by atoms with Crippen molar-refractivity contribution in [2.24, 2.45) is 0 Å². The zero-order valence-electron chi connectivity index (χ0n) is 12.3. The van der Waals surface area contributed by atoms with Crippen LogP contribution in [-0.4, -0.2) is 22.5 Å². The highest BCUT2D eigenvalue weighted by Gasteiger charge is 2.11. The molecule has 0 aliphatic rings. The van der Waals surface area contributed by atoms with Crippen LogP contribution in [0.25, 0.3) is 10.3 Å². The van der Waals surface area contributed by atoms with E-state index in [1.807, 2.05) is 38.1 Å². The molecule has 3 aromatic rings. The third-order valence-corrected chi connectivity index (χ3v) is 4.13. The molecule has 0 aliphatic heterocycles. The number of pyridine rings is 1. The average Bonchev–Trinajstić information content (AvgIpc) is 2.89. The van der Waals surface area contributed by atoms with E-state index < -0.39 is 0 Å². The largest absolute Gasteiger partial charge is 0.484 e. The number of hydrogen-bond acceptors (Lipinski definition) is 5. The van der Waals surface area contributed by atoms with Gasteiger partial charge in [-0.25, -0.2) is 4.98 Å². The smallest absolute Gasteiger partial charge is 0.264 e. The van der Waals surface area contributed by atoms with Gasteiger partial charge in [0.25, 0.3) is 5.91 Å². The number of hydrogen-bond donors (Lipinski definition) is 1. The molecular formula is C16H15N3O2S. The van der Waals surface area contributed by atoms with Crippen molar-refractivity contribution in [3.05, 3.63) is 47.7 Å². The van der Waals surface area contributed by atoms with E-state index in [1.54, 1.807) is 12.1 Å². The SMILES string of the molecule is Cc1cc(C)c2sc(NC(=O)COc3ccccc3)nc2n1. The van der Waals surface area contributed by atoms with Gasteiger partial charge in [-0.15, -0.1) is 0 Å². The molecule has 1 N–H and O–H groups in total. The number of fused-ring (bicyclic) bond motifs is 1. The molecule has 6 heteroatoms. The zero-order valence-corrected chi connectivity index (χ0v) is 13.1. The summed E-state index contributed by atoms with van der Waals surface area (Å²) < 4.78 is 6.40. The standard InChI is InChI=1S/C16H15N3O2S/c1-10-8-11(2)17-15-14(10)22-16(19-15)18-13(20)9-21-12-6-4-3-5-7-12/h3-8H,9H2,1-2H3,(H,17,18,19,20). The van der Waals surface area contributed by atoms with Gasteiger partial charge in [-0.1, -0.05) is 29.5 Å². The van der Waals surface area contributed by atoms with Gasteiger partial charge in [-0.3, -0.25) is 10.1 Å². The van der Waals surface area contributed by atoms with Gasteiger partial charge in [-0.2, -0.15) is 4.98 Å². The molecule has 5 nitrogen and oxygen atoms in total.